The van der Waals surface area contributed by atoms with E-state index in [1.54, 1.807) is 12.1 Å². The van der Waals surface area contributed by atoms with Crippen LogP contribution in [0.4, 0.5) is 10.5 Å². The van der Waals surface area contributed by atoms with Crippen LogP contribution in [0.2, 0.25) is 0 Å². The summed E-state index contributed by atoms with van der Waals surface area (Å²) in [7, 11) is 0. The average Bonchev–Trinajstić information content (AvgIpc) is 3.11. The smallest absolute Gasteiger partial charge is 0.319 e. The highest BCUT2D eigenvalue weighted by atomic mass is 35.5. The molecule has 0 spiro atoms. The lowest BCUT2D eigenvalue weighted by molar-refractivity contribution is 0.0773. The molecule has 2 saturated heterocycles. The Morgan fingerprint density at radius 1 is 1.19 bits per heavy atom. The molecule has 3 rings (SSSR count). The Balaban J connectivity index is 0.00000261. The van der Waals surface area contributed by atoms with Gasteiger partial charge in [0.05, 0.1) is 0 Å². The van der Waals surface area contributed by atoms with Gasteiger partial charge < -0.3 is 20.9 Å². The molecule has 2 aliphatic heterocycles. The number of likely N-dealkylation sites (tertiary alicyclic amines) is 1. The normalized spacial score (nSPS) is 20.3. The fraction of sp³-hybridized carbons (Fsp3) is 0.579. The molecule has 7 nitrogen and oxygen atoms in total. The fourth-order valence-corrected chi connectivity index (χ4v) is 3.61. The molecule has 1 aromatic carbocycles. The van der Waals surface area contributed by atoms with Crippen molar-refractivity contribution in [1.82, 2.24) is 20.4 Å². The number of urea groups is 1. The molecule has 1 atom stereocenters. The Hall–Kier alpha value is -1.83. The van der Waals surface area contributed by atoms with E-state index in [4.69, 9.17) is 0 Å². The van der Waals surface area contributed by atoms with Gasteiger partial charge in [0, 0.05) is 62.6 Å². The first-order valence-electron chi connectivity index (χ1n) is 9.44. The minimum atomic E-state index is -0.260. The van der Waals surface area contributed by atoms with Crippen LogP contribution in [-0.4, -0.2) is 73.1 Å². The van der Waals surface area contributed by atoms with Gasteiger partial charge in [0.15, 0.2) is 0 Å². The molecule has 150 valence electrons. The lowest BCUT2D eigenvalue weighted by Gasteiger charge is -2.32. The van der Waals surface area contributed by atoms with Crippen molar-refractivity contribution >= 4 is 30.0 Å². The summed E-state index contributed by atoms with van der Waals surface area (Å²) in [6, 6.07) is 7.42. The van der Waals surface area contributed by atoms with Gasteiger partial charge in [-0.25, -0.2) is 4.79 Å². The second-order valence-corrected chi connectivity index (χ2v) is 7.31. The van der Waals surface area contributed by atoms with Crippen LogP contribution in [-0.2, 0) is 0 Å². The van der Waals surface area contributed by atoms with Crippen molar-refractivity contribution in [2.45, 2.75) is 32.4 Å². The third-order valence-electron chi connectivity index (χ3n) is 4.91. The molecule has 0 aliphatic carbocycles. The third-order valence-corrected chi connectivity index (χ3v) is 4.91. The quantitative estimate of drug-likeness (QED) is 0.726. The molecule has 2 aliphatic rings. The topological polar surface area (TPSA) is 76.7 Å². The number of benzene rings is 1. The summed E-state index contributed by atoms with van der Waals surface area (Å²) in [6.45, 7) is 9.54. The van der Waals surface area contributed by atoms with Crippen molar-refractivity contribution in [3.63, 3.8) is 0 Å². The van der Waals surface area contributed by atoms with Gasteiger partial charge in [-0.3, -0.25) is 9.69 Å². The molecule has 3 N–H and O–H groups in total. The van der Waals surface area contributed by atoms with E-state index in [1.165, 1.54) is 0 Å². The van der Waals surface area contributed by atoms with Crippen molar-refractivity contribution in [2.24, 2.45) is 0 Å². The first kappa shape index (κ1) is 21.5. The molecule has 0 bridgehead atoms. The van der Waals surface area contributed by atoms with Crippen molar-refractivity contribution in [1.29, 1.82) is 0 Å². The van der Waals surface area contributed by atoms with Crippen molar-refractivity contribution in [3.05, 3.63) is 29.8 Å². The molecule has 0 aromatic heterocycles. The Labute approximate surface area is 167 Å². The van der Waals surface area contributed by atoms with Gasteiger partial charge in [0.25, 0.3) is 5.91 Å². The minimum absolute atomic E-state index is 0. The van der Waals surface area contributed by atoms with E-state index in [9.17, 15) is 9.59 Å². The van der Waals surface area contributed by atoms with E-state index in [0.717, 1.165) is 45.7 Å². The highest BCUT2D eigenvalue weighted by molar-refractivity contribution is 5.97. The maximum Gasteiger partial charge on any atom is 0.319 e. The summed E-state index contributed by atoms with van der Waals surface area (Å²) in [5.74, 6) is 0.0375. The van der Waals surface area contributed by atoms with Gasteiger partial charge in [0.1, 0.15) is 0 Å². The molecule has 1 aromatic rings. The lowest BCUT2D eigenvalue weighted by atomic mass is 10.1. The standard InChI is InChI=1S/C19H29N5O2.ClH/c1-14(2)21-19(26)22-16-5-3-4-15(12-16)18(25)24-9-6-17(13-24)23-10-7-20-8-11-23;/h3-5,12,14,17,20H,6-11,13H2,1-2H3,(H2,21,22,26);1H. The summed E-state index contributed by atoms with van der Waals surface area (Å²) in [5, 5.41) is 8.93. The van der Waals surface area contributed by atoms with Gasteiger partial charge in [-0.2, -0.15) is 0 Å². The predicted octanol–water partition coefficient (Wildman–Crippen LogP) is 1.76. The zero-order chi connectivity index (χ0) is 18.5. The molecule has 0 radical (unpaired) electrons. The second-order valence-electron chi connectivity index (χ2n) is 7.31. The van der Waals surface area contributed by atoms with Crippen LogP contribution in [0.1, 0.15) is 30.6 Å². The van der Waals surface area contributed by atoms with Gasteiger partial charge in [-0.15, -0.1) is 12.4 Å². The predicted molar refractivity (Wildman–Crippen MR) is 110 cm³/mol. The zero-order valence-corrected chi connectivity index (χ0v) is 16.8. The number of nitrogens with zero attached hydrogens (tertiary/aromatic N) is 2. The average molecular weight is 396 g/mol. The highest BCUT2D eigenvalue weighted by Gasteiger charge is 2.31. The highest BCUT2D eigenvalue weighted by Crippen LogP contribution is 2.20. The molecule has 1 unspecified atom stereocenters. The number of carbonyl (C=O) groups is 2. The van der Waals surface area contributed by atoms with E-state index in [0.29, 0.717) is 17.3 Å². The summed E-state index contributed by atoms with van der Waals surface area (Å²) in [6.07, 6.45) is 1.03. The first-order chi connectivity index (χ1) is 12.5. The van der Waals surface area contributed by atoms with Gasteiger partial charge in [-0.05, 0) is 38.5 Å². The molecule has 2 heterocycles. The van der Waals surface area contributed by atoms with Crippen LogP contribution in [0.25, 0.3) is 0 Å². The maximum atomic E-state index is 12.9. The largest absolute Gasteiger partial charge is 0.337 e. The minimum Gasteiger partial charge on any atom is -0.337 e. The van der Waals surface area contributed by atoms with Crippen LogP contribution >= 0.6 is 12.4 Å². The molecule has 0 saturated carbocycles. The number of carbonyl (C=O) groups excluding carboxylic acids is 2. The molecular weight excluding hydrogens is 366 g/mol. The van der Waals surface area contributed by atoms with E-state index in [2.05, 4.69) is 20.9 Å². The number of nitrogens with one attached hydrogen (secondary N) is 3. The molecule has 27 heavy (non-hydrogen) atoms. The van der Waals surface area contributed by atoms with Crippen LogP contribution in [0.3, 0.4) is 0 Å². The van der Waals surface area contributed by atoms with E-state index in [-0.39, 0.29) is 30.4 Å². The molecule has 8 heteroatoms. The first-order valence-corrected chi connectivity index (χ1v) is 9.44. The summed E-state index contributed by atoms with van der Waals surface area (Å²) >= 11 is 0. The number of anilines is 1. The van der Waals surface area contributed by atoms with E-state index < -0.39 is 0 Å². The van der Waals surface area contributed by atoms with Gasteiger partial charge >= 0.3 is 6.03 Å². The number of rotatable bonds is 4. The van der Waals surface area contributed by atoms with Crippen LogP contribution in [0.5, 0.6) is 0 Å². The second kappa shape index (κ2) is 9.92. The number of hydrogen-bond acceptors (Lipinski definition) is 4. The number of piperazine rings is 1. The molecule has 2 fully saturated rings. The Kier molecular flexibility index (Phi) is 7.89. The fourth-order valence-electron chi connectivity index (χ4n) is 3.61. The number of halogens is 1. The van der Waals surface area contributed by atoms with Gasteiger partial charge in [-0.1, -0.05) is 6.07 Å². The third kappa shape index (κ3) is 5.82. The number of amides is 3. The van der Waals surface area contributed by atoms with Crippen molar-refractivity contribution < 1.29 is 9.59 Å². The van der Waals surface area contributed by atoms with E-state index in [1.807, 2.05) is 30.9 Å². The summed E-state index contributed by atoms with van der Waals surface area (Å²) in [5.41, 5.74) is 1.25. The van der Waals surface area contributed by atoms with Crippen LogP contribution < -0.4 is 16.0 Å². The van der Waals surface area contributed by atoms with Crippen molar-refractivity contribution in [3.8, 4) is 0 Å². The molecule has 3 amide bonds. The van der Waals surface area contributed by atoms with Crippen molar-refractivity contribution in [2.75, 3.05) is 44.6 Å². The monoisotopic (exact) mass is 395 g/mol. The lowest BCUT2D eigenvalue weighted by Crippen LogP contribution is -2.49. The van der Waals surface area contributed by atoms with Gasteiger partial charge in [0.2, 0.25) is 0 Å². The number of hydrogen-bond donors (Lipinski definition) is 3. The Morgan fingerprint density at radius 2 is 1.93 bits per heavy atom. The summed E-state index contributed by atoms with van der Waals surface area (Å²) in [4.78, 5) is 29.1. The summed E-state index contributed by atoms with van der Waals surface area (Å²) < 4.78 is 0. The van der Waals surface area contributed by atoms with E-state index >= 15 is 0 Å². The molecular formula is C19H30ClN5O2. The van der Waals surface area contributed by atoms with Crippen LogP contribution in [0.15, 0.2) is 24.3 Å². The maximum absolute atomic E-state index is 12.9. The SMILES string of the molecule is CC(C)NC(=O)Nc1cccc(C(=O)N2CCC(N3CCNCC3)C2)c1.Cl. The zero-order valence-electron chi connectivity index (χ0n) is 16.0. The Morgan fingerprint density at radius 3 is 2.63 bits per heavy atom. The Bertz CT molecular complexity index is 649. The van der Waals surface area contributed by atoms with Crippen LogP contribution in [0, 0.1) is 0 Å².